The summed E-state index contributed by atoms with van der Waals surface area (Å²) >= 11 is 5.74. The first-order valence-corrected chi connectivity index (χ1v) is 6.84. The zero-order valence-electron chi connectivity index (χ0n) is 7.76. The highest BCUT2D eigenvalue weighted by molar-refractivity contribution is 9.09. The van der Waals surface area contributed by atoms with Gasteiger partial charge in [0.1, 0.15) is 0 Å². The third-order valence-electron chi connectivity index (χ3n) is 2.20. The van der Waals surface area contributed by atoms with Gasteiger partial charge >= 0.3 is 0 Å². The van der Waals surface area contributed by atoms with Crippen LogP contribution >= 0.6 is 27.7 Å². The number of likely N-dealkylation sites (tertiary alicyclic amines) is 1. The van der Waals surface area contributed by atoms with Crippen molar-refractivity contribution in [3.8, 4) is 0 Å². The molecule has 1 atom stereocenters. The summed E-state index contributed by atoms with van der Waals surface area (Å²) < 4.78 is 0. The smallest absolute Gasteiger partial charge is 0.0273 e. The van der Waals surface area contributed by atoms with Crippen molar-refractivity contribution in [2.45, 2.75) is 24.6 Å². The average molecular weight is 252 g/mol. The van der Waals surface area contributed by atoms with Crippen LogP contribution in [0.1, 0.15) is 19.8 Å². The Morgan fingerprint density at radius 2 is 2.42 bits per heavy atom. The van der Waals surface area contributed by atoms with E-state index in [1.807, 2.05) is 11.8 Å². The number of hydrogen-bond acceptors (Lipinski definition) is 2. The maximum absolute atomic E-state index is 3.69. The largest absolute Gasteiger partial charge is 0.301 e. The number of halogens is 1. The zero-order valence-corrected chi connectivity index (χ0v) is 10.2. The molecule has 0 radical (unpaired) electrons. The summed E-state index contributed by atoms with van der Waals surface area (Å²) in [7, 11) is 0. The highest BCUT2D eigenvalue weighted by atomic mass is 79.9. The fourth-order valence-corrected chi connectivity index (χ4v) is 2.95. The molecule has 0 amide bonds. The topological polar surface area (TPSA) is 3.24 Å². The molecular formula is C9H18BrNS. The summed E-state index contributed by atoms with van der Waals surface area (Å²) in [5.74, 6) is 2.56. The van der Waals surface area contributed by atoms with Crippen LogP contribution in [0, 0.1) is 0 Å². The molecule has 72 valence electrons. The Bertz CT molecular complexity index is 121. The van der Waals surface area contributed by atoms with Gasteiger partial charge in [-0.1, -0.05) is 22.9 Å². The summed E-state index contributed by atoms with van der Waals surface area (Å²) in [4.78, 5) is 3.32. The lowest BCUT2D eigenvalue weighted by Crippen LogP contribution is -2.37. The molecule has 0 bridgehead atoms. The number of piperidine rings is 1. The lowest BCUT2D eigenvalue weighted by atomic mass is 10.1. The molecule has 0 saturated carbocycles. The van der Waals surface area contributed by atoms with Crippen molar-refractivity contribution in [3.05, 3.63) is 0 Å². The van der Waals surface area contributed by atoms with Crippen LogP contribution in [-0.2, 0) is 0 Å². The molecule has 1 saturated heterocycles. The maximum atomic E-state index is 3.69. The van der Waals surface area contributed by atoms with Crippen molar-refractivity contribution in [1.29, 1.82) is 0 Å². The van der Waals surface area contributed by atoms with Crippen molar-refractivity contribution in [3.63, 3.8) is 0 Å². The Labute approximate surface area is 88.4 Å². The monoisotopic (exact) mass is 251 g/mol. The molecule has 1 nitrogen and oxygen atoms in total. The maximum Gasteiger partial charge on any atom is 0.0273 e. The zero-order chi connectivity index (χ0) is 8.81. The summed E-state index contributed by atoms with van der Waals surface area (Å²) in [5.41, 5.74) is 0. The van der Waals surface area contributed by atoms with E-state index in [1.165, 1.54) is 44.0 Å². The molecule has 0 N–H and O–H groups in total. The second kappa shape index (κ2) is 6.28. The van der Waals surface area contributed by atoms with E-state index in [1.54, 1.807) is 0 Å². The van der Waals surface area contributed by atoms with Crippen LogP contribution in [0.2, 0.25) is 0 Å². The number of hydrogen-bond donors (Lipinski definition) is 0. The molecule has 1 aliphatic rings. The van der Waals surface area contributed by atoms with E-state index in [-0.39, 0.29) is 0 Å². The van der Waals surface area contributed by atoms with Gasteiger partial charge in [-0.3, -0.25) is 0 Å². The quantitative estimate of drug-likeness (QED) is 0.559. The van der Waals surface area contributed by atoms with Crippen molar-refractivity contribution in [1.82, 2.24) is 4.90 Å². The van der Waals surface area contributed by atoms with Gasteiger partial charge in [-0.25, -0.2) is 0 Å². The van der Waals surface area contributed by atoms with Gasteiger partial charge in [-0.15, -0.1) is 0 Å². The minimum Gasteiger partial charge on any atom is -0.301 e. The lowest BCUT2D eigenvalue weighted by molar-refractivity contribution is 0.249. The predicted octanol–water partition coefficient (Wildman–Crippen LogP) is 2.60. The SMILES string of the molecule is CCSCCN1CCCC(Br)C1. The molecule has 1 unspecified atom stereocenters. The van der Waals surface area contributed by atoms with E-state index in [0.29, 0.717) is 0 Å². The molecule has 0 aromatic carbocycles. The number of nitrogens with zero attached hydrogens (tertiary/aromatic N) is 1. The second-order valence-corrected chi connectivity index (χ2v) is 5.93. The molecule has 1 fully saturated rings. The molecule has 1 rings (SSSR count). The van der Waals surface area contributed by atoms with Crippen molar-refractivity contribution in [2.24, 2.45) is 0 Å². The fourth-order valence-electron chi connectivity index (χ4n) is 1.54. The minimum atomic E-state index is 0.748. The molecule has 0 aromatic heterocycles. The molecule has 0 aromatic rings. The van der Waals surface area contributed by atoms with E-state index in [2.05, 4.69) is 27.8 Å². The first-order valence-electron chi connectivity index (χ1n) is 4.77. The third kappa shape index (κ3) is 4.15. The number of thioether (sulfide) groups is 1. The highest BCUT2D eigenvalue weighted by Gasteiger charge is 2.16. The molecule has 1 heterocycles. The van der Waals surface area contributed by atoms with Gasteiger partial charge in [0, 0.05) is 23.7 Å². The Kier molecular flexibility index (Phi) is 5.68. The van der Waals surface area contributed by atoms with E-state index < -0.39 is 0 Å². The summed E-state index contributed by atoms with van der Waals surface area (Å²) in [6.45, 7) is 6.07. The van der Waals surface area contributed by atoms with Crippen LogP contribution in [0.5, 0.6) is 0 Å². The van der Waals surface area contributed by atoms with Crippen molar-refractivity contribution < 1.29 is 0 Å². The molecule has 0 spiro atoms. The van der Waals surface area contributed by atoms with Crippen LogP contribution in [0.4, 0.5) is 0 Å². The number of rotatable bonds is 4. The van der Waals surface area contributed by atoms with E-state index in [4.69, 9.17) is 0 Å². The summed E-state index contributed by atoms with van der Waals surface area (Å²) in [6.07, 6.45) is 2.73. The van der Waals surface area contributed by atoms with Gasteiger partial charge < -0.3 is 4.90 Å². The Balaban J connectivity index is 2.06. The minimum absolute atomic E-state index is 0.748. The van der Waals surface area contributed by atoms with E-state index in [9.17, 15) is 0 Å². The van der Waals surface area contributed by atoms with Gasteiger partial charge in [0.25, 0.3) is 0 Å². The van der Waals surface area contributed by atoms with Gasteiger partial charge in [0.05, 0.1) is 0 Å². The Hall–Kier alpha value is 0.790. The Morgan fingerprint density at radius 3 is 3.08 bits per heavy atom. The fraction of sp³-hybridized carbons (Fsp3) is 1.00. The van der Waals surface area contributed by atoms with Crippen LogP contribution in [0.3, 0.4) is 0 Å². The second-order valence-electron chi connectivity index (χ2n) is 3.24. The summed E-state index contributed by atoms with van der Waals surface area (Å²) in [5, 5.41) is 0. The average Bonchev–Trinajstić information content (AvgIpc) is 2.05. The third-order valence-corrected chi connectivity index (χ3v) is 3.83. The normalized spacial score (nSPS) is 26.0. The predicted molar refractivity (Wildman–Crippen MR) is 61.4 cm³/mol. The lowest BCUT2D eigenvalue weighted by Gasteiger charge is -2.29. The van der Waals surface area contributed by atoms with Crippen molar-refractivity contribution in [2.75, 3.05) is 31.1 Å². The van der Waals surface area contributed by atoms with E-state index >= 15 is 0 Å². The first kappa shape index (κ1) is 10.9. The van der Waals surface area contributed by atoms with Crippen LogP contribution in [0.15, 0.2) is 0 Å². The van der Waals surface area contributed by atoms with Crippen LogP contribution in [0.25, 0.3) is 0 Å². The molecular weight excluding hydrogens is 234 g/mol. The van der Waals surface area contributed by atoms with E-state index in [0.717, 1.165) is 4.83 Å². The molecule has 12 heavy (non-hydrogen) atoms. The van der Waals surface area contributed by atoms with Gasteiger partial charge in [-0.2, -0.15) is 11.8 Å². The summed E-state index contributed by atoms with van der Waals surface area (Å²) in [6, 6.07) is 0. The van der Waals surface area contributed by atoms with Gasteiger partial charge in [-0.05, 0) is 25.1 Å². The van der Waals surface area contributed by atoms with Crippen molar-refractivity contribution >= 4 is 27.7 Å². The first-order chi connectivity index (χ1) is 5.83. The van der Waals surface area contributed by atoms with Crippen LogP contribution in [-0.4, -0.2) is 40.9 Å². The van der Waals surface area contributed by atoms with Crippen LogP contribution < -0.4 is 0 Å². The van der Waals surface area contributed by atoms with Gasteiger partial charge in [0.2, 0.25) is 0 Å². The van der Waals surface area contributed by atoms with Gasteiger partial charge in [0.15, 0.2) is 0 Å². The molecule has 3 heteroatoms. The number of alkyl halides is 1. The highest BCUT2D eigenvalue weighted by Crippen LogP contribution is 2.16. The molecule has 1 aliphatic heterocycles. The standard InChI is InChI=1S/C9H18BrNS/c1-2-12-7-6-11-5-3-4-9(10)8-11/h9H,2-8H2,1H3. The molecule has 0 aliphatic carbocycles. The Morgan fingerprint density at radius 1 is 1.58 bits per heavy atom.